The minimum absolute atomic E-state index is 0.0223. The summed E-state index contributed by atoms with van der Waals surface area (Å²) in [5.41, 5.74) is 0.403. The minimum atomic E-state index is -1.37. The lowest BCUT2D eigenvalue weighted by molar-refractivity contribution is 0.0764. The number of β-amino-alcohol motifs (C(OH)–C–C–N with tert-alkyl or cyclic N) is 1. The van der Waals surface area contributed by atoms with E-state index in [1.807, 2.05) is 0 Å². The number of nitrogens with zero attached hydrogens (tertiary/aromatic N) is 1. The second-order valence-corrected chi connectivity index (χ2v) is 4.36. The van der Waals surface area contributed by atoms with Crippen LogP contribution in [0.15, 0.2) is 18.2 Å². The molecule has 2 heterocycles. The standard InChI is InChI=1S/C12H12FNO4/c13-8-4-14(5-9(8)15)12(16)7-1-2-10-11(3-7)18-6-17-10/h1-3,8-9,15H,4-6H2/t8-,9-/m1/s1. The number of fused-ring (bicyclic) bond motifs is 1. The summed E-state index contributed by atoms with van der Waals surface area (Å²) in [6, 6.07) is 4.82. The topological polar surface area (TPSA) is 59.0 Å². The van der Waals surface area contributed by atoms with E-state index in [-0.39, 0.29) is 25.8 Å². The van der Waals surface area contributed by atoms with Crippen LogP contribution in [0, 0.1) is 0 Å². The third-order valence-electron chi connectivity index (χ3n) is 3.13. The molecule has 0 aliphatic carbocycles. The molecule has 0 aromatic heterocycles. The quantitative estimate of drug-likeness (QED) is 0.795. The molecule has 18 heavy (non-hydrogen) atoms. The number of aliphatic hydroxyl groups is 1. The summed E-state index contributed by atoms with van der Waals surface area (Å²) in [5.74, 6) is 0.793. The maximum atomic E-state index is 13.2. The van der Waals surface area contributed by atoms with E-state index in [4.69, 9.17) is 9.47 Å². The highest BCUT2D eigenvalue weighted by molar-refractivity contribution is 5.95. The lowest BCUT2D eigenvalue weighted by Gasteiger charge is -2.15. The highest BCUT2D eigenvalue weighted by atomic mass is 19.1. The number of carbonyl (C=O) groups excluding carboxylic acids is 1. The molecular weight excluding hydrogens is 241 g/mol. The second kappa shape index (κ2) is 4.13. The molecule has 1 aromatic rings. The molecule has 2 atom stereocenters. The Morgan fingerprint density at radius 1 is 1.33 bits per heavy atom. The number of halogens is 1. The lowest BCUT2D eigenvalue weighted by Crippen LogP contribution is -2.29. The molecule has 1 aromatic carbocycles. The van der Waals surface area contributed by atoms with Crippen LogP contribution in [0.3, 0.4) is 0 Å². The monoisotopic (exact) mass is 253 g/mol. The molecule has 3 rings (SSSR count). The largest absolute Gasteiger partial charge is 0.454 e. The van der Waals surface area contributed by atoms with Gasteiger partial charge in [-0.3, -0.25) is 4.79 Å². The Bertz CT molecular complexity index is 483. The van der Waals surface area contributed by atoms with E-state index in [0.717, 1.165) is 0 Å². The van der Waals surface area contributed by atoms with Crippen molar-refractivity contribution in [2.45, 2.75) is 12.3 Å². The molecule has 2 aliphatic heterocycles. The van der Waals surface area contributed by atoms with Gasteiger partial charge in [-0.1, -0.05) is 0 Å². The van der Waals surface area contributed by atoms with Crippen LogP contribution in [0.25, 0.3) is 0 Å². The zero-order valence-electron chi connectivity index (χ0n) is 9.51. The number of hydrogen-bond acceptors (Lipinski definition) is 4. The van der Waals surface area contributed by atoms with Gasteiger partial charge in [-0.15, -0.1) is 0 Å². The van der Waals surface area contributed by atoms with Crippen molar-refractivity contribution in [2.75, 3.05) is 19.9 Å². The van der Waals surface area contributed by atoms with Crippen LogP contribution in [0.4, 0.5) is 4.39 Å². The summed E-state index contributed by atoms with van der Waals surface area (Å²) < 4.78 is 23.5. The van der Waals surface area contributed by atoms with E-state index in [1.165, 1.54) is 4.90 Å². The maximum Gasteiger partial charge on any atom is 0.254 e. The van der Waals surface area contributed by atoms with Gasteiger partial charge < -0.3 is 19.5 Å². The van der Waals surface area contributed by atoms with E-state index in [9.17, 15) is 14.3 Å². The molecule has 5 nitrogen and oxygen atoms in total. The first kappa shape index (κ1) is 11.3. The highest BCUT2D eigenvalue weighted by Gasteiger charge is 2.34. The number of likely N-dealkylation sites (tertiary alicyclic amines) is 1. The van der Waals surface area contributed by atoms with Crippen molar-refractivity contribution in [1.82, 2.24) is 4.90 Å². The fourth-order valence-electron chi connectivity index (χ4n) is 2.12. The Morgan fingerprint density at radius 3 is 2.83 bits per heavy atom. The van der Waals surface area contributed by atoms with Crippen LogP contribution >= 0.6 is 0 Å². The van der Waals surface area contributed by atoms with E-state index >= 15 is 0 Å². The van der Waals surface area contributed by atoms with Crippen molar-refractivity contribution in [3.63, 3.8) is 0 Å². The van der Waals surface area contributed by atoms with Gasteiger partial charge in [0.25, 0.3) is 5.91 Å². The van der Waals surface area contributed by atoms with Crippen molar-refractivity contribution < 1.29 is 23.8 Å². The average molecular weight is 253 g/mol. The van der Waals surface area contributed by atoms with Gasteiger partial charge in [0.15, 0.2) is 11.5 Å². The predicted octanol–water partition coefficient (Wildman–Crippen LogP) is 0.570. The van der Waals surface area contributed by atoms with Crippen LogP contribution < -0.4 is 9.47 Å². The summed E-state index contributed by atoms with van der Waals surface area (Å²) in [4.78, 5) is 13.4. The number of benzene rings is 1. The minimum Gasteiger partial charge on any atom is -0.454 e. The molecule has 0 saturated carbocycles. The van der Waals surface area contributed by atoms with Gasteiger partial charge in [-0.05, 0) is 18.2 Å². The van der Waals surface area contributed by atoms with Crippen LogP contribution in [0.2, 0.25) is 0 Å². The van der Waals surface area contributed by atoms with Crippen molar-refractivity contribution in [3.05, 3.63) is 23.8 Å². The molecule has 0 unspecified atom stereocenters. The molecule has 1 N–H and O–H groups in total. The molecule has 1 fully saturated rings. The molecule has 96 valence electrons. The molecule has 0 bridgehead atoms. The molecule has 0 spiro atoms. The first-order chi connectivity index (χ1) is 8.65. The van der Waals surface area contributed by atoms with Gasteiger partial charge in [-0.25, -0.2) is 4.39 Å². The molecule has 6 heteroatoms. The second-order valence-electron chi connectivity index (χ2n) is 4.36. The summed E-state index contributed by atoms with van der Waals surface area (Å²) >= 11 is 0. The highest BCUT2D eigenvalue weighted by Crippen LogP contribution is 2.33. The summed E-state index contributed by atoms with van der Waals surface area (Å²) in [5, 5.41) is 9.31. The normalized spacial score (nSPS) is 25.6. The molecule has 0 radical (unpaired) electrons. The zero-order valence-corrected chi connectivity index (χ0v) is 9.51. The van der Waals surface area contributed by atoms with E-state index < -0.39 is 12.3 Å². The Hall–Kier alpha value is -1.82. The Morgan fingerprint density at radius 2 is 2.11 bits per heavy atom. The van der Waals surface area contributed by atoms with Gasteiger partial charge in [0.05, 0.1) is 6.54 Å². The predicted molar refractivity (Wildman–Crippen MR) is 59.4 cm³/mol. The summed E-state index contributed by atoms with van der Waals surface area (Å²) in [6.07, 6.45) is -2.47. The lowest BCUT2D eigenvalue weighted by atomic mass is 10.2. The first-order valence-electron chi connectivity index (χ1n) is 5.66. The van der Waals surface area contributed by atoms with Crippen LogP contribution in [-0.4, -0.2) is 48.1 Å². The van der Waals surface area contributed by atoms with Crippen molar-refractivity contribution >= 4 is 5.91 Å². The fraction of sp³-hybridized carbons (Fsp3) is 0.417. The number of amides is 1. The maximum absolute atomic E-state index is 13.2. The van der Waals surface area contributed by atoms with E-state index in [1.54, 1.807) is 18.2 Å². The first-order valence-corrected chi connectivity index (χ1v) is 5.66. The number of carbonyl (C=O) groups is 1. The number of rotatable bonds is 1. The van der Waals surface area contributed by atoms with Crippen LogP contribution in [0.5, 0.6) is 11.5 Å². The van der Waals surface area contributed by atoms with E-state index in [2.05, 4.69) is 0 Å². The van der Waals surface area contributed by atoms with Gasteiger partial charge in [0, 0.05) is 12.1 Å². The van der Waals surface area contributed by atoms with Gasteiger partial charge in [-0.2, -0.15) is 0 Å². The van der Waals surface area contributed by atoms with Crippen molar-refractivity contribution in [3.8, 4) is 11.5 Å². The van der Waals surface area contributed by atoms with Crippen molar-refractivity contribution in [1.29, 1.82) is 0 Å². The van der Waals surface area contributed by atoms with Crippen molar-refractivity contribution in [2.24, 2.45) is 0 Å². The Balaban J connectivity index is 1.81. The average Bonchev–Trinajstić information content (AvgIpc) is 2.95. The Labute approximate surface area is 103 Å². The number of ether oxygens (including phenoxy) is 2. The van der Waals surface area contributed by atoms with Gasteiger partial charge >= 0.3 is 0 Å². The number of alkyl halides is 1. The molecule has 1 amide bonds. The third-order valence-corrected chi connectivity index (χ3v) is 3.13. The zero-order chi connectivity index (χ0) is 12.7. The molecule has 1 saturated heterocycles. The molecular formula is C12H12FNO4. The Kier molecular flexibility index (Phi) is 2.59. The van der Waals surface area contributed by atoms with Gasteiger partial charge in [0.1, 0.15) is 12.3 Å². The van der Waals surface area contributed by atoms with Gasteiger partial charge in [0.2, 0.25) is 6.79 Å². The number of aliphatic hydroxyl groups excluding tert-OH is 1. The third kappa shape index (κ3) is 1.78. The smallest absolute Gasteiger partial charge is 0.254 e. The fourth-order valence-corrected chi connectivity index (χ4v) is 2.12. The SMILES string of the molecule is O=C(c1ccc2c(c1)OCO2)N1C[C@@H](O)[C@H](F)C1. The van der Waals surface area contributed by atoms with E-state index in [0.29, 0.717) is 17.1 Å². The summed E-state index contributed by atoms with van der Waals surface area (Å²) in [7, 11) is 0. The van der Waals surface area contributed by atoms with Crippen LogP contribution in [0.1, 0.15) is 10.4 Å². The summed E-state index contributed by atoms with van der Waals surface area (Å²) in [6.45, 7) is 0.0881. The molecule has 2 aliphatic rings. The number of hydrogen-bond donors (Lipinski definition) is 1. The van der Waals surface area contributed by atoms with Crippen LogP contribution in [-0.2, 0) is 0 Å².